The van der Waals surface area contributed by atoms with E-state index in [0.717, 1.165) is 12.2 Å². The van der Waals surface area contributed by atoms with Crippen molar-refractivity contribution < 1.29 is 32.3 Å². The zero-order valence-electron chi connectivity index (χ0n) is 9.31. The number of halogens is 3. The number of imide groups is 2. The molecule has 19 heavy (non-hydrogen) atoms. The smallest absolute Gasteiger partial charge is 0.275 e. The second-order valence-corrected chi connectivity index (χ2v) is 3.48. The van der Waals surface area contributed by atoms with Crippen LogP contribution in [0.3, 0.4) is 0 Å². The normalized spacial score (nSPS) is 15.1. The molecule has 10 heteroatoms. The third-order valence-corrected chi connectivity index (χ3v) is 2.18. The first-order valence-corrected chi connectivity index (χ1v) is 4.87. The van der Waals surface area contributed by atoms with E-state index in [1.807, 2.05) is 0 Å². The second-order valence-electron chi connectivity index (χ2n) is 3.48. The molecule has 104 valence electrons. The summed E-state index contributed by atoms with van der Waals surface area (Å²) in [6.45, 7) is -0.456. The molecule has 0 fully saturated rings. The monoisotopic (exact) mass is 279 g/mol. The van der Waals surface area contributed by atoms with Crippen LogP contribution in [0.25, 0.3) is 0 Å². The summed E-state index contributed by atoms with van der Waals surface area (Å²) < 4.78 is 35.9. The van der Waals surface area contributed by atoms with Crippen molar-refractivity contribution in [2.45, 2.75) is 12.6 Å². The Morgan fingerprint density at radius 3 is 2.11 bits per heavy atom. The molecule has 0 aromatic heterocycles. The summed E-state index contributed by atoms with van der Waals surface area (Å²) in [5, 5.41) is -0.585. The van der Waals surface area contributed by atoms with Crippen LogP contribution in [-0.2, 0) is 19.2 Å². The number of hydrogen-bond donors (Lipinski definition) is 1. The van der Waals surface area contributed by atoms with Crippen molar-refractivity contribution in [2.24, 2.45) is 5.84 Å². The molecule has 4 amide bonds. The van der Waals surface area contributed by atoms with Gasteiger partial charge in [0.15, 0.2) is 0 Å². The predicted molar refractivity (Wildman–Crippen MR) is 52.6 cm³/mol. The van der Waals surface area contributed by atoms with E-state index in [4.69, 9.17) is 5.84 Å². The highest BCUT2D eigenvalue weighted by Crippen LogP contribution is 2.17. The largest absolute Gasteiger partial charge is 0.473 e. The number of carbonyl (C=O) groups is 4. The van der Waals surface area contributed by atoms with Crippen molar-refractivity contribution in [2.75, 3.05) is 6.54 Å². The van der Waals surface area contributed by atoms with Gasteiger partial charge in [0.25, 0.3) is 11.8 Å². The average molecular weight is 279 g/mol. The topological polar surface area (TPSA) is 101 Å². The van der Waals surface area contributed by atoms with Crippen LogP contribution in [0.4, 0.5) is 13.2 Å². The lowest BCUT2D eigenvalue weighted by molar-refractivity contribution is -0.188. The first-order chi connectivity index (χ1) is 8.64. The van der Waals surface area contributed by atoms with Gasteiger partial charge in [0.2, 0.25) is 5.91 Å². The van der Waals surface area contributed by atoms with Gasteiger partial charge in [-0.1, -0.05) is 0 Å². The Hall–Kier alpha value is -2.23. The molecule has 0 saturated carbocycles. The van der Waals surface area contributed by atoms with E-state index in [1.54, 1.807) is 0 Å². The Labute approximate surface area is 104 Å². The quantitative estimate of drug-likeness (QED) is 0.312. The lowest BCUT2D eigenvalue weighted by Gasteiger charge is -2.18. The molecular weight excluding hydrogens is 271 g/mol. The van der Waals surface area contributed by atoms with E-state index in [1.165, 1.54) is 0 Å². The molecule has 2 N–H and O–H groups in total. The van der Waals surface area contributed by atoms with Gasteiger partial charge in [-0.2, -0.15) is 13.2 Å². The number of nitrogens with two attached hydrogens (primary N) is 1. The minimum Gasteiger partial charge on any atom is -0.275 e. The lowest BCUT2D eigenvalue weighted by atomic mass is 10.3. The number of hydrogen-bond acceptors (Lipinski definition) is 5. The van der Waals surface area contributed by atoms with Gasteiger partial charge in [-0.15, -0.1) is 0 Å². The van der Waals surface area contributed by atoms with Gasteiger partial charge >= 0.3 is 12.1 Å². The zero-order chi connectivity index (χ0) is 14.8. The summed E-state index contributed by atoms with van der Waals surface area (Å²) in [6, 6.07) is 0. The molecule has 7 nitrogen and oxygen atoms in total. The molecular formula is C9H8F3N3O4. The van der Waals surface area contributed by atoms with Crippen LogP contribution in [0.2, 0.25) is 0 Å². The SMILES string of the molecule is NN(C(=O)CCN1C(=O)C=CC1=O)C(=O)C(F)(F)F. The summed E-state index contributed by atoms with van der Waals surface area (Å²) in [7, 11) is 0. The molecule has 0 atom stereocenters. The maximum Gasteiger partial charge on any atom is 0.473 e. The molecule has 0 unspecified atom stereocenters. The number of carbonyl (C=O) groups excluding carboxylic acids is 4. The summed E-state index contributed by atoms with van der Waals surface area (Å²) in [4.78, 5) is 44.6. The van der Waals surface area contributed by atoms with Crippen LogP contribution < -0.4 is 5.84 Å². The van der Waals surface area contributed by atoms with E-state index in [0.29, 0.717) is 4.90 Å². The van der Waals surface area contributed by atoms with Gasteiger partial charge in [0.1, 0.15) is 0 Å². The fraction of sp³-hybridized carbons (Fsp3) is 0.333. The Balaban J connectivity index is 2.55. The van der Waals surface area contributed by atoms with E-state index in [9.17, 15) is 32.3 Å². The van der Waals surface area contributed by atoms with Crippen LogP contribution in [0, 0.1) is 0 Å². The molecule has 0 spiro atoms. The van der Waals surface area contributed by atoms with Gasteiger partial charge in [-0.05, 0) is 0 Å². The highest BCUT2D eigenvalue weighted by atomic mass is 19.4. The first-order valence-electron chi connectivity index (χ1n) is 4.87. The Morgan fingerprint density at radius 1 is 1.21 bits per heavy atom. The first kappa shape index (κ1) is 14.8. The molecule has 0 saturated heterocycles. The van der Waals surface area contributed by atoms with Gasteiger partial charge in [-0.3, -0.25) is 24.1 Å². The zero-order valence-corrected chi connectivity index (χ0v) is 9.31. The molecule has 1 rings (SSSR count). The van der Waals surface area contributed by atoms with Crippen LogP contribution in [-0.4, -0.2) is 46.3 Å². The van der Waals surface area contributed by atoms with E-state index >= 15 is 0 Å². The van der Waals surface area contributed by atoms with Crippen LogP contribution in [0.1, 0.15) is 6.42 Å². The lowest BCUT2D eigenvalue weighted by Crippen LogP contribution is -2.50. The molecule has 0 aliphatic carbocycles. The third-order valence-electron chi connectivity index (χ3n) is 2.18. The molecule has 1 aliphatic rings. The number of nitrogens with zero attached hydrogens (tertiary/aromatic N) is 2. The molecule has 0 bridgehead atoms. The van der Waals surface area contributed by atoms with E-state index in [2.05, 4.69) is 0 Å². The van der Waals surface area contributed by atoms with Crippen molar-refractivity contribution in [3.05, 3.63) is 12.2 Å². The Kier molecular flexibility index (Phi) is 4.04. The summed E-state index contributed by atoms with van der Waals surface area (Å²) in [6.07, 6.45) is -4.05. The maximum atomic E-state index is 12.0. The number of alkyl halides is 3. The van der Waals surface area contributed by atoms with Crippen LogP contribution in [0.15, 0.2) is 12.2 Å². The van der Waals surface area contributed by atoms with Crippen molar-refractivity contribution in [3.63, 3.8) is 0 Å². The fourth-order valence-corrected chi connectivity index (χ4v) is 1.23. The maximum absolute atomic E-state index is 12.0. The van der Waals surface area contributed by atoms with Gasteiger partial charge < -0.3 is 0 Å². The highest BCUT2D eigenvalue weighted by Gasteiger charge is 2.44. The Bertz CT molecular complexity index is 454. The summed E-state index contributed by atoms with van der Waals surface area (Å²) in [5.41, 5.74) is 0. The minimum absolute atomic E-state index is 0.456. The standard InChI is InChI=1S/C9H8F3N3O4/c10-9(11,12)8(19)15(13)7(18)3-4-14-5(16)1-2-6(14)17/h1-2H,3-4,13H2. The van der Waals surface area contributed by atoms with Crippen LogP contribution >= 0.6 is 0 Å². The summed E-state index contributed by atoms with van der Waals surface area (Å²) in [5.74, 6) is -0.542. The fourth-order valence-electron chi connectivity index (χ4n) is 1.23. The van der Waals surface area contributed by atoms with Gasteiger partial charge in [0, 0.05) is 25.1 Å². The van der Waals surface area contributed by atoms with Crippen molar-refractivity contribution >= 4 is 23.6 Å². The molecule has 1 aliphatic heterocycles. The molecule has 1 heterocycles. The second kappa shape index (κ2) is 5.18. The van der Waals surface area contributed by atoms with Crippen molar-refractivity contribution in [1.29, 1.82) is 0 Å². The number of amides is 4. The van der Waals surface area contributed by atoms with Crippen molar-refractivity contribution in [3.8, 4) is 0 Å². The molecule has 0 aromatic carbocycles. The van der Waals surface area contributed by atoms with Gasteiger partial charge in [0.05, 0.1) is 0 Å². The Morgan fingerprint density at radius 2 is 1.68 bits per heavy atom. The number of rotatable bonds is 3. The minimum atomic E-state index is -5.27. The molecule has 0 radical (unpaired) electrons. The molecule has 0 aromatic rings. The number of hydrazine groups is 1. The van der Waals surface area contributed by atoms with E-state index in [-0.39, 0.29) is 0 Å². The third kappa shape index (κ3) is 3.37. The average Bonchev–Trinajstić information content (AvgIpc) is 2.63. The van der Waals surface area contributed by atoms with Gasteiger partial charge in [-0.25, -0.2) is 10.9 Å². The van der Waals surface area contributed by atoms with E-state index < -0.39 is 47.8 Å². The van der Waals surface area contributed by atoms with Crippen LogP contribution in [0.5, 0.6) is 0 Å². The predicted octanol–water partition coefficient (Wildman–Crippen LogP) is -0.907. The van der Waals surface area contributed by atoms with Crippen molar-refractivity contribution in [1.82, 2.24) is 9.91 Å². The highest BCUT2D eigenvalue weighted by molar-refractivity contribution is 6.13. The summed E-state index contributed by atoms with van der Waals surface area (Å²) >= 11 is 0.